The average molecular weight is 837 g/mol. The maximum atomic E-state index is 14.6. The number of aliphatic carboxylic acids is 1. The van der Waals surface area contributed by atoms with Crippen LogP contribution in [0.5, 0.6) is 0 Å². The maximum Gasteiger partial charge on any atom is 0.309 e. The molecule has 1 unspecified atom stereocenters. The predicted octanol–water partition coefficient (Wildman–Crippen LogP) is 6.68. The number of carbonyl (C=O) groups is 2. The number of nitrogens with one attached hydrogen (secondary N) is 2. The van der Waals surface area contributed by atoms with Crippen molar-refractivity contribution in [3.8, 4) is 0 Å². The Morgan fingerprint density at radius 3 is 2.21 bits per heavy atom. The molecule has 5 N–H and O–H groups in total. The number of carbonyl (C=O) groups excluding carboxylic acids is 1. The van der Waals surface area contributed by atoms with Crippen LogP contribution in [0.3, 0.4) is 0 Å². The summed E-state index contributed by atoms with van der Waals surface area (Å²) in [6.45, 7) is 22.5. The van der Waals surface area contributed by atoms with Gasteiger partial charge in [-0.15, -0.1) is 0 Å². The summed E-state index contributed by atoms with van der Waals surface area (Å²) in [6, 6.07) is -0.443. The molecule has 18 atom stereocenters. The van der Waals surface area contributed by atoms with E-state index < -0.39 is 70.9 Å². The van der Waals surface area contributed by atoms with Crippen LogP contribution in [0.4, 0.5) is 0 Å². The molecule has 0 aromatic rings. The van der Waals surface area contributed by atoms with E-state index >= 15 is 0 Å². The molecule has 332 valence electrons. The molecule has 2 spiro atoms. The molecular weight excluding hydrogens is 761 g/mol. The van der Waals surface area contributed by atoms with Crippen molar-refractivity contribution in [2.24, 2.45) is 41.4 Å². The number of ketones is 1. The number of aliphatic hydroxyl groups excluding tert-OH is 1. The minimum absolute atomic E-state index is 0.0232. The summed E-state index contributed by atoms with van der Waals surface area (Å²) < 4.78 is 34.6. The fourth-order valence-corrected chi connectivity index (χ4v) is 11.3. The molecule has 5 aliphatic rings. The molecule has 0 bridgehead atoms. The zero-order chi connectivity index (χ0) is 43.0. The van der Waals surface area contributed by atoms with Crippen molar-refractivity contribution < 1.29 is 48.6 Å². The minimum Gasteiger partial charge on any atom is -0.481 e. The highest BCUT2D eigenvalue weighted by molar-refractivity contribution is 7.80. The monoisotopic (exact) mass is 837 g/mol. The van der Waals surface area contributed by atoms with Gasteiger partial charge in [-0.3, -0.25) is 9.59 Å². The van der Waals surface area contributed by atoms with E-state index in [1.807, 2.05) is 53.7 Å². The molecule has 13 heteroatoms. The average Bonchev–Trinajstić information content (AvgIpc) is 3.52. The first kappa shape index (κ1) is 47.3. The number of hydrogen-bond acceptors (Lipinski definition) is 10. The van der Waals surface area contributed by atoms with Crippen LogP contribution < -0.4 is 10.6 Å². The number of hydrogen-bond donors (Lipinski definition) is 5. The van der Waals surface area contributed by atoms with Gasteiger partial charge in [0.25, 0.3) is 0 Å². The van der Waals surface area contributed by atoms with Crippen molar-refractivity contribution in [2.75, 3.05) is 6.54 Å². The van der Waals surface area contributed by atoms with Crippen molar-refractivity contribution in [3.05, 3.63) is 12.2 Å². The predicted molar refractivity (Wildman–Crippen MR) is 226 cm³/mol. The Morgan fingerprint density at radius 2 is 1.60 bits per heavy atom. The van der Waals surface area contributed by atoms with Crippen LogP contribution in [0.2, 0.25) is 0 Å². The first-order valence-corrected chi connectivity index (χ1v) is 22.9. The SMILES string of the molecule is CCNC(=S)N[C@@H]1C=C[C@]2(O[C@H](C(CC)C(=O)[C@@H](C)[C@@H](O)[C@H](C)[C@@H]3O[C@@H]([C@@H](CC)C(=O)O)CC[C@@H]3C)[C@@H](C)C[C@H]2C)O[C@@]12CC[C@@](C)([C@H]1CC[C@](O)(CC)[C@H](C)O1)O2. The van der Waals surface area contributed by atoms with Crippen molar-refractivity contribution in [2.45, 2.75) is 206 Å². The minimum atomic E-state index is -1.20. The van der Waals surface area contributed by atoms with Crippen LogP contribution in [0.1, 0.15) is 140 Å². The normalized spacial score (nSPS) is 43.0. The fourth-order valence-electron chi connectivity index (χ4n) is 11.0. The molecule has 5 aliphatic heterocycles. The molecule has 0 radical (unpaired) electrons. The Balaban J connectivity index is 1.38. The molecule has 4 saturated heterocycles. The third-order valence-electron chi connectivity index (χ3n) is 15.1. The number of thiocarbonyl (C=S) groups is 1. The molecule has 0 aromatic carbocycles. The van der Waals surface area contributed by atoms with E-state index in [1.165, 1.54) is 0 Å². The molecule has 5 rings (SSSR count). The zero-order valence-electron chi connectivity index (χ0n) is 37.1. The quantitative estimate of drug-likeness (QED) is 0.0931. The standard InChI is InChI=1S/C45H76N2O10S/c1-12-31(40(50)51)33-17-16-25(5)38(54-33)29(9)36(48)28(8)37(49)32(13-2)39-26(6)24-27(7)44(55-39)21-18-34(47-41(58)46-15-4)45(57-44)23-22-42(11,56-45)35-19-20-43(52,14-3)30(10)53-35/h18,21,25-36,38-39,48,52H,12-17,19-20,22-24H2,1-11H3,(H,50,51)(H2,46,47,58)/t25-,26-,27+,28-,29-,30-,31+,32?,33+,34+,35+,36+,38+,39-,42-,43+,44-,45-/m0/s1. The first-order valence-electron chi connectivity index (χ1n) is 22.5. The second kappa shape index (κ2) is 18.7. The maximum absolute atomic E-state index is 14.6. The molecule has 12 nitrogen and oxygen atoms in total. The van der Waals surface area contributed by atoms with Gasteiger partial charge in [-0.1, -0.05) is 61.5 Å². The van der Waals surface area contributed by atoms with Crippen molar-refractivity contribution in [1.29, 1.82) is 0 Å². The Labute approximate surface area is 353 Å². The van der Waals surface area contributed by atoms with E-state index in [4.69, 9.17) is 35.9 Å². The van der Waals surface area contributed by atoms with E-state index in [1.54, 1.807) is 6.92 Å². The van der Waals surface area contributed by atoms with Crippen LogP contribution >= 0.6 is 12.2 Å². The smallest absolute Gasteiger partial charge is 0.309 e. The zero-order valence-corrected chi connectivity index (χ0v) is 37.9. The van der Waals surface area contributed by atoms with Gasteiger partial charge in [0.15, 0.2) is 16.7 Å². The van der Waals surface area contributed by atoms with E-state index in [-0.39, 0.29) is 47.8 Å². The molecule has 4 fully saturated rings. The Hall–Kier alpha value is -1.71. The van der Waals surface area contributed by atoms with E-state index in [0.717, 1.165) is 12.8 Å². The molecule has 58 heavy (non-hydrogen) atoms. The summed E-state index contributed by atoms with van der Waals surface area (Å²) >= 11 is 5.68. The Kier molecular flexibility index (Phi) is 15.3. The summed E-state index contributed by atoms with van der Waals surface area (Å²) in [5.74, 6) is -5.48. The molecule has 0 saturated carbocycles. The fraction of sp³-hybridized carbons (Fsp3) is 0.889. The van der Waals surface area contributed by atoms with Crippen molar-refractivity contribution >= 4 is 29.1 Å². The lowest BCUT2D eigenvalue weighted by molar-refractivity contribution is -0.397. The van der Waals surface area contributed by atoms with Crippen LogP contribution in [-0.2, 0) is 33.3 Å². The molecule has 0 aromatic heterocycles. The lowest BCUT2D eigenvalue weighted by Gasteiger charge is -2.55. The number of carboxylic acids is 1. The van der Waals surface area contributed by atoms with Gasteiger partial charge in [0.1, 0.15) is 11.8 Å². The van der Waals surface area contributed by atoms with Gasteiger partial charge in [-0.2, -0.15) is 0 Å². The van der Waals surface area contributed by atoms with E-state index in [9.17, 15) is 24.9 Å². The second-order valence-electron chi connectivity index (χ2n) is 19.0. The lowest BCUT2D eigenvalue weighted by Crippen LogP contribution is -2.66. The molecule has 5 heterocycles. The summed E-state index contributed by atoms with van der Waals surface area (Å²) in [7, 11) is 0. The van der Waals surface area contributed by atoms with Crippen molar-refractivity contribution in [1.82, 2.24) is 10.6 Å². The number of aliphatic hydroxyl groups is 2. The highest BCUT2D eigenvalue weighted by Gasteiger charge is 2.63. The van der Waals surface area contributed by atoms with Crippen LogP contribution in [0.25, 0.3) is 0 Å². The van der Waals surface area contributed by atoms with Gasteiger partial charge in [-0.05, 0) is 109 Å². The van der Waals surface area contributed by atoms with Gasteiger partial charge >= 0.3 is 5.97 Å². The molecule has 0 aliphatic carbocycles. The van der Waals surface area contributed by atoms with Crippen molar-refractivity contribution in [3.63, 3.8) is 0 Å². The number of ether oxygens (including phenoxy) is 5. The van der Waals surface area contributed by atoms with Crippen LogP contribution in [0.15, 0.2) is 12.2 Å². The molecule has 0 amide bonds. The number of carboxylic acid groups (broad SMARTS) is 1. The highest BCUT2D eigenvalue weighted by atomic mass is 32.1. The van der Waals surface area contributed by atoms with E-state index in [0.29, 0.717) is 63.0 Å². The van der Waals surface area contributed by atoms with Gasteiger partial charge in [-0.25, -0.2) is 0 Å². The number of rotatable bonds is 14. The van der Waals surface area contributed by atoms with Crippen LogP contribution in [-0.4, -0.2) is 104 Å². The third-order valence-corrected chi connectivity index (χ3v) is 15.4. The molecular formula is C45H76N2O10S. The third kappa shape index (κ3) is 9.22. The summed E-state index contributed by atoms with van der Waals surface area (Å²) in [5.41, 5.74) is -1.59. The van der Waals surface area contributed by atoms with E-state index in [2.05, 4.69) is 38.3 Å². The Morgan fingerprint density at radius 1 is 0.914 bits per heavy atom. The van der Waals surface area contributed by atoms with Gasteiger partial charge in [0.05, 0.1) is 53.7 Å². The van der Waals surface area contributed by atoms with Gasteiger partial charge in [0, 0.05) is 36.6 Å². The first-order chi connectivity index (χ1) is 27.2. The Bertz CT molecular complexity index is 1480. The summed E-state index contributed by atoms with van der Waals surface area (Å²) in [4.78, 5) is 26.6. The van der Waals surface area contributed by atoms with Crippen LogP contribution in [0, 0.1) is 41.4 Å². The summed E-state index contributed by atoms with van der Waals surface area (Å²) in [6.07, 6.45) is 7.39. The lowest BCUT2D eigenvalue weighted by atomic mass is 9.72. The highest BCUT2D eigenvalue weighted by Crippen LogP contribution is 2.54. The number of Topliss-reactive ketones (excluding diaryl/α,β-unsaturated/α-hetero) is 1. The topological polar surface area (TPSA) is 165 Å². The van der Waals surface area contributed by atoms with Gasteiger partial charge in [0.2, 0.25) is 0 Å². The largest absolute Gasteiger partial charge is 0.481 e. The summed E-state index contributed by atoms with van der Waals surface area (Å²) in [5, 5.41) is 40.0. The van der Waals surface area contributed by atoms with Gasteiger partial charge < -0.3 is 49.6 Å². The second-order valence-corrected chi connectivity index (χ2v) is 19.4.